The number of rotatable bonds is 8. The van der Waals surface area contributed by atoms with Crippen LogP contribution < -0.4 is 9.80 Å². The Hall–Kier alpha value is -9.18. The zero-order valence-corrected chi connectivity index (χ0v) is 38.3. The monoisotopic (exact) mass is 891 g/mol. The molecule has 2 aliphatic carbocycles. The molecule has 11 aromatic carbocycles. The van der Waals surface area contributed by atoms with Crippen molar-refractivity contribution in [1.29, 1.82) is 0 Å². The molecule has 0 radical (unpaired) electrons. The number of fused-ring (bicyclic) bond motifs is 13. The van der Waals surface area contributed by atoms with E-state index in [1.165, 1.54) is 71.9 Å². The Morgan fingerprint density at radius 3 is 1.49 bits per heavy atom. The molecule has 3 heteroatoms. The first-order valence-electron chi connectivity index (χ1n) is 24.2. The van der Waals surface area contributed by atoms with Crippen molar-refractivity contribution in [2.24, 2.45) is 0 Å². The van der Waals surface area contributed by atoms with E-state index in [2.05, 4.69) is 287 Å². The number of aromatic nitrogens is 1. The van der Waals surface area contributed by atoms with E-state index >= 15 is 0 Å². The number of anilines is 6. The van der Waals surface area contributed by atoms with E-state index in [1.54, 1.807) is 0 Å². The quantitative estimate of drug-likeness (QED) is 0.151. The summed E-state index contributed by atoms with van der Waals surface area (Å²) in [6.45, 7) is 0. The lowest BCUT2D eigenvalue weighted by Gasteiger charge is -2.36. The van der Waals surface area contributed by atoms with Gasteiger partial charge in [-0.2, -0.15) is 0 Å². The van der Waals surface area contributed by atoms with E-state index in [1.807, 2.05) is 0 Å². The van der Waals surface area contributed by atoms with Crippen molar-refractivity contribution in [1.82, 2.24) is 4.57 Å². The Morgan fingerprint density at radius 1 is 0.286 bits per heavy atom. The van der Waals surface area contributed by atoms with Crippen molar-refractivity contribution in [3.63, 3.8) is 0 Å². The number of hydrogen-bond acceptors (Lipinski definition) is 2. The summed E-state index contributed by atoms with van der Waals surface area (Å²) in [4.78, 5) is 4.92. The molecule has 0 amide bonds. The van der Waals surface area contributed by atoms with Crippen LogP contribution in [-0.4, -0.2) is 4.57 Å². The molecule has 1 spiro atoms. The standard InChI is InChI=1S/C67H45N3/c1-5-20-46(21-6-1)47-36-38-51(39-37-47)69(49-24-9-3-10-25-49)64-35-19-31-59-55-29-14-17-33-61(55)67(66(59)64)60-32-16-13-28-54(60)56-42-40-52(44-62(56)67)68(48-22-7-2-8-23-48)53-41-43-58-57-30-15-18-34-63(57)70(65(58)45-53)50-26-11-4-12-27-50/h1-45H. The maximum atomic E-state index is 2.50. The van der Waals surface area contributed by atoms with Crippen LogP contribution in [0.5, 0.6) is 0 Å². The molecule has 0 fully saturated rings. The summed E-state index contributed by atoms with van der Waals surface area (Å²) >= 11 is 0. The lowest BCUT2D eigenvalue weighted by molar-refractivity contribution is 0.793. The third-order valence-corrected chi connectivity index (χ3v) is 14.8. The maximum absolute atomic E-state index is 2.50. The molecule has 14 rings (SSSR count). The molecule has 70 heavy (non-hydrogen) atoms. The van der Waals surface area contributed by atoms with E-state index in [-0.39, 0.29) is 0 Å². The van der Waals surface area contributed by atoms with Crippen molar-refractivity contribution in [2.45, 2.75) is 5.41 Å². The highest BCUT2D eigenvalue weighted by Gasteiger charge is 2.53. The molecule has 1 unspecified atom stereocenters. The fourth-order valence-corrected chi connectivity index (χ4v) is 11.9. The molecule has 328 valence electrons. The van der Waals surface area contributed by atoms with Gasteiger partial charge in [0.15, 0.2) is 0 Å². The van der Waals surface area contributed by atoms with E-state index in [0.717, 1.165) is 45.3 Å². The van der Waals surface area contributed by atoms with Gasteiger partial charge in [-0.15, -0.1) is 0 Å². The zero-order chi connectivity index (χ0) is 46.2. The molecule has 0 saturated heterocycles. The maximum Gasteiger partial charge on any atom is 0.0746 e. The highest BCUT2D eigenvalue weighted by molar-refractivity contribution is 6.10. The van der Waals surface area contributed by atoms with Crippen LogP contribution >= 0.6 is 0 Å². The molecule has 0 saturated carbocycles. The molecule has 1 heterocycles. The van der Waals surface area contributed by atoms with Gasteiger partial charge in [0.1, 0.15) is 0 Å². The first-order valence-corrected chi connectivity index (χ1v) is 24.2. The minimum Gasteiger partial charge on any atom is -0.310 e. The SMILES string of the molecule is c1ccc(-c2ccc(N(c3ccccc3)c3cccc4c3C3(c5ccccc5-c5ccc(N(c6ccccc6)c6ccc7c8ccccc8n(-c8ccccc8)c7c6)cc53)c3ccccc3-4)cc2)cc1. The van der Waals surface area contributed by atoms with Crippen LogP contribution in [0.25, 0.3) is 60.9 Å². The fraction of sp³-hybridized carbons (Fsp3) is 0.0149. The summed E-state index contributed by atoms with van der Waals surface area (Å²) in [5.41, 5.74) is 22.1. The molecular formula is C67H45N3. The summed E-state index contributed by atoms with van der Waals surface area (Å²) in [5.74, 6) is 0. The summed E-state index contributed by atoms with van der Waals surface area (Å²) in [6, 6.07) is 100. The second-order valence-electron chi connectivity index (χ2n) is 18.4. The summed E-state index contributed by atoms with van der Waals surface area (Å²) in [7, 11) is 0. The van der Waals surface area contributed by atoms with Crippen molar-refractivity contribution < 1.29 is 0 Å². The minimum atomic E-state index is -0.645. The van der Waals surface area contributed by atoms with Gasteiger partial charge in [-0.25, -0.2) is 0 Å². The highest BCUT2D eigenvalue weighted by Crippen LogP contribution is 2.66. The van der Waals surface area contributed by atoms with Gasteiger partial charge in [0.2, 0.25) is 0 Å². The van der Waals surface area contributed by atoms with Crippen LogP contribution in [0.15, 0.2) is 273 Å². The van der Waals surface area contributed by atoms with Crippen LogP contribution in [0.1, 0.15) is 22.3 Å². The lowest BCUT2D eigenvalue weighted by atomic mass is 9.69. The average molecular weight is 892 g/mol. The Labute approximate surface area is 408 Å². The van der Waals surface area contributed by atoms with Gasteiger partial charge < -0.3 is 14.4 Å². The normalized spacial score (nSPS) is 14.1. The van der Waals surface area contributed by atoms with Crippen molar-refractivity contribution in [3.8, 4) is 39.1 Å². The van der Waals surface area contributed by atoms with E-state index in [0.29, 0.717) is 0 Å². The third-order valence-electron chi connectivity index (χ3n) is 14.8. The zero-order valence-electron chi connectivity index (χ0n) is 38.3. The Bertz CT molecular complexity index is 3920. The summed E-state index contributed by atoms with van der Waals surface area (Å²) in [6.07, 6.45) is 0. The van der Waals surface area contributed by atoms with Gasteiger partial charge in [-0.1, -0.05) is 188 Å². The van der Waals surface area contributed by atoms with Gasteiger partial charge in [0, 0.05) is 50.5 Å². The third kappa shape index (κ3) is 5.95. The van der Waals surface area contributed by atoms with Crippen molar-refractivity contribution >= 4 is 55.9 Å². The lowest BCUT2D eigenvalue weighted by Crippen LogP contribution is -2.28. The van der Waals surface area contributed by atoms with Gasteiger partial charge in [-0.05, 0) is 135 Å². The van der Waals surface area contributed by atoms with Crippen LogP contribution in [0.4, 0.5) is 34.1 Å². The molecule has 0 bridgehead atoms. The Balaban J connectivity index is 1.02. The van der Waals surface area contributed by atoms with Crippen molar-refractivity contribution in [2.75, 3.05) is 9.80 Å². The van der Waals surface area contributed by atoms with Crippen LogP contribution in [0.3, 0.4) is 0 Å². The highest BCUT2D eigenvalue weighted by atomic mass is 15.2. The van der Waals surface area contributed by atoms with Gasteiger partial charge in [-0.3, -0.25) is 0 Å². The average Bonchev–Trinajstić information content (AvgIpc) is 4.04. The van der Waals surface area contributed by atoms with Crippen LogP contribution in [-0.2, 0) is 5.41 Å². The van der Waals surface area contributed by atoms with Gasteiger partial charge in [0.25, 0.3) is 0 Å². The molecule has 3 nitrogen and oxygen atoms in total. The second kappa shape index (κ2) is 16.0. The molecule has 12 aromatic rings. The van der Waals surface area contributed by atoms with Gasteiger partial charge >= 0.3 is 0 Å². The number of nitrogens with zero attached hydrogens (tertiary/aromatic N) is 3. The Kier molecular flexibility index (Phi) is 9.11. The first kappa shape index (κ1) is 39.9. The van der Waals surface area contributed by atoms with E-state index in [4.69, 9.17) is 0 Å². The molecule has 1 atom stereocenters. The molecule has 0 aliphatic heterocycles. The molecular weight excluding hydrogens is 847 g/mol. The first-order chi connectivity index (χ1) is 34.8. The van der Waals surface area contributed by atoms with E-state index in [9.17, 15) is 0 Å². The summed E-state index contributed by atoms with van der Waals surface area (Å²) in [5, 5.41) is 2.46. The smallest absolute Gasteiger partial charge is 0.0746 e. The number of hydrogen-bond donors (Lipinski definition) is 0. The predicted molar refractivity (Wildman–Crippen MR) is 292 cm³/mol. The number of benzene rings is 11. The summed E-state index contributed by atoms with van der Waals surface area (Å²) < 4.78 is 2.41. The van der Waals surface area contributed by atoms with Gasteiger partial charge in [0.05, 0.1) is 22.1 Å². The van der Waals surface area contributed by atoms with E-state index < -0.39 is 5.41 Å². The van der Waals surface area contributed by atoms with Crippen LogP contribution in [0.2, 0.25) is 0 Å². The predicted octanol–water partition coefficient (Wildman–Crippen LogP) is 17.7. The second-order valence-corrected chi connectivity index (χ2v) is 18.4. The Morgan fingerprint density at radius 2 is 0.771 bits per heavy atom. The molecule has 1 aromatic heterocycles. The topological polar surface area (TPSA) is 11.4 Å². The number of para-hydroxylation sites is 4. The fourth-order valence-electron chi connectivity index (χ4n) is 11.9. The minimum absolute atomic E-state index is 0.645. The molecule has 0 N–H and O–H groups in total. The van der Waals surface area contributed by atoms with Crippen LogP contribution in [0, 0.1) is 0 Å². The van der Waals surface area contributed by atoms with Crippen molar-refractivity contribution in [3.05, 3.63) is 295 Å². The largest absolute Gasteiger partial charge is 0.310 e. The molecule has 2 aliphatic rings.